The number of piperazine rings is 1. The van der Waals surface area contributed by atoms with Crippen molar-refractivity contribution in [1.82, 2.24) is 4.90 Å². The summed E-state index contributed by atoms with van der Waals surface area (Å²) in [5, 5.41) is 9.25. The Morgan fingerprint density at radius 2 is 1.92 bits per heavy atom. The molecular weight excluding hydrogens is 313 g/mol. The largest absolute Gasteiger partial charge is 0.481 e. The van der Waals surface area contributed by atoms with E-state index in [9.17, 15) is 19.1 Å². The van der Waals surface area contributed by atoms with Crippen molar-refractivity contribution in [3.63, 3.8) is 0 Å². The zero-order chi connectivity index (χ0) is 17.4. The average Bonchev–Trinajstić information content (AvgIpc) is 2.56. The van der Waals surface area contributed by atoms with Crippen molar-refractivity contribution in [2.75, 3.05) is 56.1 Å². The minimum absolute atomic E-state index is 0.130. The molecule has 0 bridgehead atoms. The van der Waals surface area contributed by atoms with Crippen LogP contribution in [0, 0.1) is 11.7 Å². The Kier molecular flexibility index (Phi) is 4.45. The second-order valence-electron chi connectivity index (χ2n) is 6.40. The summed E-state index contributed by atoms with van der Waals surface area (Å²) < 4.78 is 14.6. The number of carbonyl (C=O) groups is 2. The first-order chi connectivity index (χ1) is 11.4. The van der Waals surface area contributed by atoms with Gasteiger partial charge in [-0.05, 0) is 26.1 Å². The van der Waals surface area contributed by atoms with E-state index in [0.29, 0.717) is 17.9 Å². The highest BCUT2D eigenvalue weighted by molar-refractivity contribution is 6.13. The molecule has 2 heterocycles. The Hall–Kier alpha value is -2.15. The summed E-state index contributed by atoms with van der Waals surface area (Å²) in [5.41, 5.74) is 1.29. The molecule has 1 aromatic rings. The van der Waals surface area contributed by atoms with Crippen LogP contribution in [-0.2, 0) is 4.79 Å². The number of likely N-dealkylation sites (N-methyl/N-ethyl adjacent to an activating group) is 1. The number of hydrogen-bond donors (Lipinski definition) is 1. The molecule has 0 unspecified atom stereocenters. The standard InChI is InChI=1S/C17H22FN3O3/c1-3-20-10-12(17(23)24)16(22)11-8-13(18)15(9-14(11)20)21-6-4-19(2)5-7-21/h8-9,12H,3-7,10H2,1-2H3,(H,23,24)/t12-/m1/s1. The average molecular weight is 335 g/mol. The van der Waals surface area contributed by atoms with Gasteiger partial charge in [-0.25, -0.2) is 4.39 Å². The number of hydrogen-bond acceptors (Lipinski definition) is 5. The summed E-state index contributed by atoms with van der Waals surface area (Å²) >= 11 is 0. The van der Waals surface area contributed by atoms with Gasteiger partial charge in [0.05, 0.1) is 5.69 Å². The van der Waals surface area contributed by atoms with Gasteiger partial charge in [0.15, 0.2) is 5.78 Å². The van der Waals surface area contributed by atoms with E-state index in [1.54, 1.807) is 6.07 Å². The van der Waals surface area contributed by atoms with Gasteiger partial charge < -0.3 is 19.8 Å². The van der Waals surface area contributed by atoms with Gasteiger partial charge in [0.2, 0.25) is 0 Å². The Bertz CT molecular complexity index is 671. The molecule has 0 aliphatic carbocycles. The Morgan fingerprint density at radius 3 is 2.50 bits per heavy atom. The molecule has 2 aliphatic heterocycles. The van der Waals surface area contributed by atoms with Gasteiger partial charge in [0.1, 0.15) is 11.7 Å². The zero-order valence-electron chi connectivity index (χ0n) is 14.0. The van der Waals surface area contributed by atoms with Gasteiger partial charge in [-0.2, -0.15) is 0 Å². The van der Waals surface area contributed by atoms with E-state index in [0.717, 1.165) is 26.2 Å². The van der Waals surface area contributed by atoms with Crippen molar-refractivity contribution >= 4 is 23.1 Å². The number of Topliss-reactive ketones (excluding diaryl/α,β-unsaturated/α-hetero) is 1. The fourth-order valence-electron chi connectivity index (χ4n) is 3.38. The van der Waals surface area contributed by atoms with Crippen LogP contribution in [0.3, 0.4) is 0 Å². The number of aliphatic carboxylic acids is 1. The van der Waals surface area contributed by atoms with Gasteiger partial charge >= 0.3 is 5.97 Å². The Morgan fingerprint density at radius 1 is 1.25 bits per heavy atom. The van der Waals surface area contributed by atoms with Gasteiger partial charge in [0, 0.05) is 50.5 Å². The molecule has 2 aliphatic rings. The molecule has 0 saturated carbocycles. The molecule has 24 heavy (non-hydrogen) atoms. The predicted octanol–water partition coefficient (Wildman–Crippen LogP) is 1.30. The number of ketones is 1. The lowest BCUT2D eigenvalue weighted by atomic mass is 9.90. The molecule has 130 valence electrons. The van der Waals surface area contributed by atoms with Crippen LogP contribution in [0.4, 0.5) is 15.8 Å². The second kappa shape index (κ2) is 6.39. The maximum Gasteiger partial charge on any atom is 0.316 e. The van der Waals surface area contributed by atoms with Crippen LogP contribution in [0.25, 0.3) is 0 Å². The molecule has 7 heteroatoms. The van der Waals surface area contributed by atoms with Gasteiger partial charge in [-0.15, -0.1) is 0 Å². The molecule has 0 amide bonds. The first kappa shape index (κ1) is 16.7. The fraction of sp³-hybridized carbons (Fsp3) is 0.529. The maximum absolute atomic E-state index is 14.6. The number of carbonyl (C=O) groups excluding carboxylic acids is 1. The summed E-state index contributed by atoms with van der Waals surface area (Å²) in [4.78, 5) is 29.7. The SMILES string of the molecule is CCN1C[C@@H](C(=O)O)C(=O)c2cc(F)c(N3CCN(C)CC3)cc21. The smallest absolute Gasteiger partial charge is 0.316 e. The molecule has 1 atom stereocenters. The normalized spacial score (nSPS) is 21.8. The Balaban J connectivity index is 2.00. The molecule has 0 spiro atoms. The number of carboxylic acids is 1. The maximum atomic E-state index is 14.6. The van der Waals surface area contributed by atoms with Crippen molar-refractivity contribution in [2.45, 2.75) is 6.92 Å². The first-order valence-electron chi connectivity index (χ1n) is 8.21. The lowest BCUT2D eigenvalue weighted by molar-refractivity contribution is -0.139. The van der Waals surface area contributed by atoms with Crippen molar-refractivity contribution < 1.29 is 19.1 Å². The third-order valence-corrected chi connectivity index (χ3v) is 4.91. The predicted molar refractivity (Wildman–Crippen MR) is 89.5 cm³/mol. The quantitative estimate of drug-likeness (QED) is 0.840. The number of rotatable bonds is 3. The number of carboxylic acid groups (broad SMARTS) is 1. The van der Waals surface area contributed by atoms with Crippen LogP contribution in [0.1, 0.15) is 17.3 Å². The first-order valence-corrected chi connectivity index (χ1v) is 8.21. The minimum Gasteiger partial charge on any atom is -0.481 e. The van der Waals surface area contributed by atoms with E-state index >= 15 is 0 Å². The van der Waals surface area contributed by atoms with Gasteiger partial charge in [0.25, 0.3) is 0 Å². The molecule has 0 radical (unpaired) electrons. The van der Waals surface area contributed by atoms with Crippen LogP contribution in [0.2, 0.25) is 0 Å². The molecule has 3 rings (SSSR count). The number of benzene rings is 1. The molecule has 6 nitrogen and oxygen atoms in total. The van der Waals surface area contributed by atoms with E-state index in [1.807, 2.05) is 23.8 Å². The molecule has 1 aromatic carbocycles. The van der Waals surface area contributed by atoms with Crippen LogP contribution in [0.5, 0.6) is 0 Å². The van der Waals surface area contributed by atoms with Gasteiger partial charge in [-0.1, -0.05) is 0 Å². The zero-order valence-corrected chi connectivity index (χ0v) is 14.0. The summed E-state index contributed by atoms with van der Waals surface area (Å²) in [6.07, 6.45) is 0. The molecule has 1 fully saturated rings. The second-order valence-corrected chi connectivity index (χ2v) is 6.40. The highest BCUT2D eigenvalue weighted by atomic mass is 19.1. The van der Waals surface area contributed by atoms with Crippen molar-refractivity contribution in [2.24, 2.45) is 5.92 Å². The van der Waals surface area contributed by atoms with Crippen LogP contribution in [-0.4, -0.2) is 68.1 Å². The van der Waals surface area contributed by atoms with Crippen LogP contribution < -0.4 is 9.80 Å². The lowest BCUT2D eigenvalue weighted by Gasteiger charge is -2.37. The molecule has 0 aromatic heterocycles. The Labute approximate surface area is 140 Å². The van der Waals surface area contributed by atoms with E-state index in [-0.39, 0.29) is 12.1 Å². The summed E-state index contributed by atoms with van der Waals surface area (Å²) in [6, 6.07) is 2.92. The lowest BCUT2D eigenvalue weighted by Crippen LogP contribution is -2.45. The number of anilines is 2. The summed E-state index contributed by atoms with van der Waals surface area (Å²) in [5.74, 6) is -3.27. The monoisotopic (exact) mass is 335 g/mol. The molecule has 1 N–H and O–H groups in total. The topological polar surface area (TPSA) is 64.1 Å². The van der Waals surface area contributed by atoms with E-state index in [1.165, 1.54) is 6.07 Å². The highest BCUT2D eigenvalue weighted by Crippen LogP contribution is 2.35. The van der Waals surface area contributed by atoms with Crippen LogP contribution in [0.15, 0.2) is 12.1 Å². The summed E-state index contributed by atoms with van der Waals surface area (Å²) in [6.45, 7) is 5.76. The minimum atomic E-state index is -1.16. The number of nitrogens with zero attached hydrogens (tertiary/aromatic N) is 3. The van der Waals surface area contributed by atoms with Crippen LogP contribution >= 0.6 is 0 Å². The molecular formula is C17H22FN3O3. The highest BCUT2D eigenvalue weighted by Gasteiger charge is 2.37. The number of fused-ring (bicyclic) bond motifs is 1. The van der Waals surface area contributed by atoms with Crippen molar-refractivity contribution in [1.29, 1.82) is 0 Å². The molecule has 1 saturated heterocycles. The van der Waals surface area contributed by atoms with Crippen molar-refractivity contribution in [3.05, 3.63) is 23.5 Å². The van der Waals surface area contributed by atoms with E-state index in [2.05, 4.69) is 4.90 Å². The fourth-order valence-corrected chi connectivity index (χ4v) is 3.38. The summed E-state index contributed by atoms with van der Waals surface area (Å²) in [7, 11) is 2.03. The number of halogens is 1. The van der Waals surface area contributed by atoms with E-state index < -0.39 is 23.5 Å². The van der Waals surface area contributed by atoms with Gasteiger partial charge in [-0.3, -0.25) is 9.59 Å². The third-order valence-electron chi connectivity index (χ3n) is 4.91. The van der Waals surface area contributed by atoms with Crippen molar-refractivity contribution in [3.8, 4) is 0 Å². The van der Waals surface area contributed by atoms with E-state index in [4.69, 9.17) is 0 Å². The third kappa shape index (κ3) is 2.84.